The molecule has 26 heavy (non-hydrogen) atoms. The lowest BCUT2D eigenvalue weighted by atomic mass is 9.93. The highest BCUT2D eigenvalue weighted by molar-refractivity contribution is 8.00. The number of hydrogen-bond donors (Lipinski definition) is 0. The van der Waals surface area contributed by atoms with Crippen molar-refractivity contribution >= 4 is 39.4 Å². The number of thioether (sulfide) groups is 1. The molecule has 0 radical (unpaired) electrons. The van der Waals surface area contributed by atoms with Gasteiger partial charge in [-0.05, 0) is 6.07 Å². The Morgan fingerprint density at radius 1 is 1.31 bits per heavy atom. The molecule has 0 aromatic carbocycles. The van der Waals surface area contributed by atoms with E-state index in [1.165, 1.54) is 27.6 Å². The van der Waals surface area contributed by atoms with E-state index in [0.29, 0.717) is 16.4 Å². The third kappa shape index (κ3) is 3.31. The van der Waals surface area contributed by atoms with Crippen molar-refractivity contribution in [2.24, 2.45) is 0 Å². The van der Waals surface area contributed by atoms with Crippen molar-refractivity contribution in [2.75, 3.05) is 0 Å². The molecule has 0 amide bonds. The second-order valence-electron chi connectivity index (χ2n) is 6.61. The largest absolute Gasteiger partial charge is 0.472 e. The van der Waals surface area contributed by atoms with Crippen molar-refractivity contribution in [1.82, 2.24) is 24.8 Å². The van der Waals surface area contributed by atoms with E-state index in [1.54, 1.807) is 23.9 Å². The third-order valence-corrected chi connectivity index (χ3v) is 6.55. The molecule has 0 atom stereocenters. The van der Waals surface area contributed by atoms with E-state index in [0.717, 1.165) is 20.6 Å². The summed E-state index contributed by atoms with van der Waals surface area (Å²) in [6.07, 6.45) is 3.32. The first-order valence-corrected chi connectivity index (χ1v) is 10.5. The lowest BCUT2D eigenvalue weighted by Gasteiger charge is -2.14. The molecule has 4 heterocycles. The number of rotatable bonds is 4. The SMILES string of the molecule is CC(C)(C)c1nnc2sc(SCc3csc(-c4ccoc4)n3)nn2c1=O. The van der Waals surface area contributed by atoms with Gasteiger partial charge in [0.15, 0.2) is 4.34 Å². The van der Waals surface area contributed by atoms with Crippen LogP contribution in [0.25, 0.3) is 15.5 Å². The van der Waals surface area contributed by atoms with Gasteiger partial charge in [-0.1, -0.05) is 43.9 Å². The van der Waals surface area contributed by atoms with Crippen LogP contribution in [0.15, 0.2) is 37.5 Å². The zero-order valence-corrected chi connectivity index (χ0v) is 16.7. The summed E-state index contributed by atoms with van der Waals surface area (Å²) in [5.41, 5.74) is 1.78. The van der Waals surface area contributed by atoms with Gasteiger partial charge in [-0.15, -0.1) is 26.6 Å². The Balaban J connectivity index is 1.55. The maximum absolute atomic E-state index is 12.6. The van der Waals surface area contributed by atoms with Crippen molar-refractivity contribution in [2.45, 2.75) is 36.3 Å². The van der Waals surface area contributed by atoms with Crippen molar-refractivity contribution in [1.29, 1.82) is 0 Å². The minimum Gasteiger partial charge on any atom is -0.472 e. The Morgan fingerprint density at radius 3 is 2.88 bits per heavy atom. The van der Waals surface area contributed by atoms with Crippen LogP contribution in [0, 0.1) is 0 Å². The highest BCUT2D eigenvalue weighted by Gasteiger charge is 2.23. The van der Waals surface area contributed by atoms with Gasteiger partial charge in [0.1, 0.15) is 17.0 Å². The van der Waals surface area contributed by atoms with E-state index in [2.05, 4.69) is 20.3 Å². The normalized spacial score (nSPS) is 12.1. The van der Waals surface area contributed by atoms with Crippen molar-refractivity contribution in [3.63, 3.8) is 0 Å². The zero-order chi connectivity index (χ0) is 18.3. The van der Waals surface area contributed by atoms with Crippen LogP contribution in [0.3, 0.4) is 0 Å². The van der Waals surface area contributed by atoms with Gasteiger partial charge in [-0.25, -0.2) is 4.98 Å². The predicted octanol–water partition coefficient (Wildman–Crippen LogP) is 3.85. The van der Waals surface area contributed by atoms with E-state index < -0.39 is 0 Å². The summed E-state index contributed by atoms with van der Waals surface area (Å²) in [7, 11) is 0. The number of fused-ring (bicyclic) bond motifs is 1. The standard InChI is InChI=1S/C16H15N5O2S3/c1-16(2,3)11-13(22)21-14(19-18-11)26-15(20-21)25-8-10-7-24-12(17-10)9-4-5-23-6-9/h4-7H,8H2,1-3H3. The van der Waals surface area contributed by atoms with Gasteiger partial charge >= 0.3 is 0 Å². The number of furan rings is 1. The van der Waals surface area contributed by atoms with Gasteiger partial charge in [0.25, 0.3) is 5.56 Å². The van der Waals surface area contributed by atoms with E-state index in [1.807, 2.05) is 32.2 Å². The summed E-state index contributed by atoms with van der Waals surface area (Å²) >= 11 is 4.46. The van der Waals surface area contributed by atoms with Crippen LogP contribution < -0.4 is 5.56 Å². The Bertz CT molecular complexity index is 1110. The Morgan fingerprint density at radius 2 is 2.15 bits per heavy atom. The molecule has 0 saturated carbocycles. The van der Waals surface area contributed by atoms with Gasteiger partial charge in [-0.2, -0.15) is 4.52 Å². The molecule has 134 valence electrons. The van der Waals surface area contributed by atoms with Crippen molar-refractivity contribution in [3.05, 3.63) is 45.7 Å². The van der Waals surface area contributed by atoms with Gasteiger partial charge in [0.05, 0.1) is 12.0 Å². The Kier molecular flexibility index (Phi) is 4.41. The second kappa shape index (κ2) is 6.60. The van der Waals surface area contributed by atoms with Crippen LogP contribution in [0.1, 0.15) is 32.2 Å². The van der Waals surface area contributed by atoms with E-state index in [9.17, 15) is 4.79 Å². The van der Waals surface area contributed by atoms with Crippen LogP contribution >= 0.6 is 34.4 Å². The molecule has 0 aliphatic carbocycles. The maximum atomic E-state index is 12.6. The van der Waals surface area contributed by atoms with Gasteiger partial charge in [0.2, 0.25) is 4.96 Å². The van der Waals surface area contributed by atoms with Gasteiger partial charge < -0.3 is 4.42 Å². The quantitative estimate of drug-likeness (QED) is 0.477. The highest BCUT2D eigenvalue weighted by Crippen LogP contribution is 2.30. The Hall–Kier alpha value is -2.04. The smallest absolute Gasteiger partial charge is 0.297 e. The summed E-state index contributed by atoms with van der Waals surface area (Å²) in [4.78, 5) is 17.7. The topological polar surface area (TPSA) is 86.2 Å². The predicted molar refractivity (Wildman–Crippen MR) is 103 cm³/mol. The minimum atomic E-state index is -0.369. The van der Waals surface area contributed by atoms with Crippen LogP contribution in [-0.4, -0.2) is 24.8 Å². The second-order valence-corrected chi connectivity index (χ2v) is 9.65. The zero-order valence-electron chi connectivity index (χ0n) is 14.3. The lowest BCUT2D eigenvalue weighted by molar-refractivity contribution is 0.541. The van der Waals surface area contributed by atoms with E-state index >= 15 is 0 Å². The first-order valence-electron chi connectivity index (χ1n) is 7.78. The first kappa shape index (κ1) is 17.4. The summed E-state index contributed by atoms with van der Waals surface area (Å²) in [5.74, 6) is 0.669. The van der Waals surface area contributed by atoms with E-state index in [4.69, 9.17) is 4.42 Å². The van der Waals surface area contributed by atoms with Crippen LogP contribution in [0.4, 0.5) is 0 Å². The lowest BCUT2D eigenvalue weighted by Crippen LogP contribution is -2.30. The number of thiazole rings is 1. The minimum absolute atomic E-state index is 0.207. The number of nitrogens with zero attached hydrogens (tertiary/aromatic N) is 5. The molecular weight excluding hydrogens is 390 g/mol. The first-order chi connectivity index (χ1) is 12.4. The molecule has 0 aliphatic rings. The summed E-state index contributed by atoms with van der Waals surface area (Å²) in [5, 5.41) is 15.6. The molecule has 0 aliphatic heterocycles. The molecule has 0 spiro atoms. The summed E-state index contributed by atoms with van der Waals surface area (Å²) in [6, 6.07) is 1.89. The molecule has 10 heteroatoms. The molecule has 0 fully saturated rings. The monoisotopic (exact) mass is 405 g/mol. The molecule has 7 nitrogen and oxygen atoms in total. The van der Waals surface area contributed by atoms with Crippen molar-refractivity contribution in [3.8, 4) is 10.6 Å². The average Bonchev–Trinajstić information content (AvgIpc) is 3.31. The molecule has 4 rings (SSSR count). The molecular formula is C16H15N5O2S3. The molecule has 0 N–H and O–H groups in total. The molecule has 4 aromatic rings. The average molecular weight is 406 g/mol. The van der Waals surface area contributed by atoms with E-state index in [-0.39, 0.29) is 11.0 Å². The molecule has 0 saturated heterocycles. The summed E-state index contributed by atoms with van der Waals surface area (Å²) < 4.78 is 7.20. The maximum Gasteiger partial charge on any atom is 0.297 e. The fourth-order valence-electron chi connectivity index (χ4n) is 2.25. The van der Waals surface area contributed by atoms with Gasteiger partial charge in [0, 0.05) is 22.1 Å². The molecule has 0 bridgehead atoms. The van der Waals surface area contributed by atoms with Crippen LogP contribution in [0.2, 0.25) is 0 Å². The Labute approximate surface area is 161 Å². The van der Waals surface area contributed by atoms with Crippen LogP contribution in [-0.2, 0) is 11.2 Å². The highest BCUT2D eigenvalue weighted by atomic mass is 32.2. The molecule has 0 unspecified atom stereocenters. The fourth-order valence-corrected chi connectivity index (χ4v) is 4.93. The number of hydrogen-bond acceptors (Lipinski definition) is 9. The van der Waals surface area contributed by atoms with Gasteiger partial charge in [-0.3, -0.25) is 4.79 Å². The van der Waals surface area contributed by atoms with Crippen LogP contribution in [0.5, 0.6) is 0 Å². The molecule has 4 aromatic heterocycles. The number of aromatic nitrogens is 5. The fraction of sp³-hybridized carbons (Fsp3) is 0.312. The third-order valence-electron chi connectivity index (χ3n) is 3.55. The van der Waals surface area contributed by atoms with Crippen molar-refractivity contribution < 1.29 is 4.42 Å². The summed E-state index contributed by atoms with van der Waals surface area (Å²) in [6.45, 7) is 5.81.